The number of rotatable bonds is 3. The van der Waals surface area contributed by atoms with E-state index >= 15 is 0 Å². The summed E-state index contributed by atoms with van der Waals surface area (Å²) in [5.74, 6) is 0. The lowest BCUT2D eigenvalue weighted by Gasteiger charge is -2.45. The molecule has 2 atom stereocenters. The molecule has 0 spiro atoms. The maximum Gasteiger partial charge on any atom is 0.0955 e. The molecule has 0 aromatic rings. The van der Waals surface area contributed by atoms with Crippen LogP contribution in [-0.2, 0) is 4.74 Å². The summed E-state index contributed by atoms with van der Waals surface area (Å²) in [4.78, 5) is 0. The zero-order valence-corrected chi connectivity index (χ0v) is 8.55. The van der Waals surface area contributed by atoms with E-state index in [0.717, 1.165) is 25.9 Å². The van der Waals surface area contributed by atoms with E-state index in [0.29, 0.717) is 6.61 Å². The van der Waals surface area contributed by atoms with Crippen LogP contribution >= 0.6 is 0 Å². The monoisotopic (exact) mass is 188 g/mol. The molecule has 0 radical (unpaired) electrons. The fraction of sp³-hybridized carbons (Fsp3) is 1.00. The smallest absolute Gasteiger partial charge is 0.0955 e. The summed E-state index contributed by atoms with van der Waals surface area (Å²) in [5.41, 5.74) is -1.26. The summed E-state index contributed by atoms with van der Waals surface area (Å²) in [6.45, 7) is 5.01. The molecule has 1 rings (SSSR count). The van der Waals surface area contributed by atoms with Crippen LogP contribution in [0.15, 0.2) is 0 Å². The first-order valence-electron chi connectivity index (χ1n) is 4.99. The maximum atomic E-state index is 10.3. The van der Waals surface area contributed by atoms with Crippen LogP contribution < -0.4 is 0 Å². The van der Waals surface area contributed by atoms with Crippen LogP contribution in [0, 0.1) is 5.41 Å². The van der Waals surface area contributed by atoms with Gasteiger partial charge in [-0.1, -0.05) is 13.8 Å². The van der Waals surface area contributed by atoms with Gasteiger partial charge in [0.1, 0.15) is 0 Å². The lowest BCUT2D eigenvalue weighted by Crippen LogP contribution is -2.53. The van der Waals surface area contributed by atoms with Crippen molar-refractivity contribution in [3.63, 3.8) is 0 Å². The van der Waals surface area contributed by atoms with Crippen LogP contribution in [0.5, 0.6) is 0 Å². The van der Waals surface area contributed by atoms with Crippen LogP contribution in [0.4, 0.5) is 0 Å². The van der Waals surface area contributed by atoms with Gasteiger partial charge in [-0.25, -0.2) is 0 Å². The van der Waals surface area contributed by atoms with E-state index in [-0.39, 0.29) is 6.61 Å². The number of aliphatic hydroxyl groups is 2. The average Bonchev–Trinajstić information content (AvgIpc) is 2.17. The summed E-state index contributed by atoms with van der Waals surface area (Å²) in [7, 11) is 0. The number of hydrogen-bond acceptors (Lipinski definition) is 3. The normalized spacial score (nSPS) is 34.2. The molecule has 1 aliphatic heterocycles. The second kappa shape index (κ2) is 3.95. The molecule has 0 aromatic carbocycles. The van der Waals surface area contributed by atoms with Gasteiger partial charge < -0.3 is 14.9 Å². The van der Waals surface area contributed by atoms with Gasteiger partial charge in [-0.15, -0.1) is 0 Å². The highest BCUT2D eigenvalue weighted by molar-refractivity contribution is 4.96. The molecule has 2 unspecified atom stereocenters. The maximum absolute atomic E-state index is 10.3. The minimum absolute atomic E-state index is 0.0172. The summed E-state index contributed by atoms with van der Waals surface area (Å²) < 4.78 is 5.27. The molecule has 2 N–H and O–H groups in total. The Kier molecular flexibility index (Phi) is 3.33. The van der Waals surface area contributed by atoms with Gasteiger partial charge in [-0.05, 0) is 19.3 Å². The van der Waals surface area contributed by atoms with Crippen LogP contribution in [0.3, 0.4) is 0 Å². The molecule has 78 valence electrons. The topological polar surface area (TPSA) is 49.7 Å². The highest BCUT2D eigenvalue weighted by atomic mass is 16.5. The third kappa shape index (κ3) is 1.87. The Morgan fingerprint density at radius 3 is 2.62 bits per heavy atom. The van der Waals surface area contributed by atoms with Gasteiger partial charge in [-0.3, -0.25) is 0 Å². The van der Waals surface area contributed by atoms with Crippen LogP contribution in [-0.4, -0.2) is 35.6 Å². The Morgan fingerprint density at radius 2 is 2.23 bits per heavy atom. The van der Waals surface area contributed by atoms with Gasteiger partial charge in [0.15, 0.2) is 0 Å². The molecule has 0 aromatic heterocycles. The predicted molar refractivity (Wildman–Crippen MR) is 50.5 cm³/mol. The molecule has 3 nitrogen and oxygen atoms in total. The van der Waals surface area contributed by atoms with E-state index < -0.39 is 11.0 Å². The molecular weight excluding hydrogens is 168 g/mol. The first kappa shape index (κ1) is 11.0. The molecule has 1 saturated heterocycles. The first-order valence-corrected chi connectivity index (χ1v) is 4.99. The van der Waals surface area contributed by atoms with Gasteiger partial charge in [0.2, 0.25) is 0 Å². The highest BCUT2D eigenvalue weighted by Gasteiger charge is 2.46. The second-order valence-corrected chi connectivity index (χ2v) is 4.26. The molecule has 3 heteroatoms. The van der Waals surface area contributed by atoms with E-state index in [1.54, 1.807) is 0 Å². The van der Waals surface area contributed by atoms with Crippen molar-refractivity contribution in [2.75, 3.05) is 19.8 Å². The van der Waals surface area contributed by atoms with Crippen molar-refractivity contribution in [3.8, 4) is 0 Å². The molecule has 0 saturated carbocycles. The Morgan fingerprint density at radius 1 is 1.54 bits per heavy atom. The van der Waals surface area contributed by atoms with Crippen LogP contribution in [0.2, 0.25) is 0 Å². The van der Waals surface area contributed by atoms with E-state index in [1.807, 2.05) is 13.8 Å². The van der Waals surface area contributed by atoms with Crippen molar-refractivity contribution >= 4 is 0 Å². The quantitative estimate of drug-likeness (QED) is 0.693. The Hall–Kier alpha value is -0.120. The SMILES string of the molecule is CCC(C)(CO)C1(O)CCCOC1. The largest absolute Gasteiger partial charge is 0.396 e. The average molecular weight is 188 g/mol. The Balaban J connectivity index is 2.74. The summed E-state index contributed by atoms with van der Waals surface area (Å²) in [5, 5.41) is 19.6. The van der Waals surface area contributed by atoms with Gasteiger partial charge in [-0.2, -0.15) is 0 Å². The van der Waals surface area contributed by atoms with Crippen molar-refractivity contribution in [1.82, 2.24) is 0 Å². The molecular formula is C10H20O3. The molecule has 1 fully saturated rings. The minimum Gasteiger partial charge on any atom is -0.396 e. The van der Waals surface area contributed by atoms with Crippen molar-refractivity contribution in [3.05, 3.63) is 0 Å². The zero-order chi connectivity index (χ0) is 9.95. The van der Waals surface area contributed by atoms with Crippen LogP contribution in [0.1, 0.15) is 33.1 Å². The third-order valence-electron chi connectivity index (χ3n) is 3.47. The lowest BCUT2D eigenvalue weighted by molar-refractivity contribution is -0.170. The Bertz CT molecular complexity index is 158. The van der Waals surface area contributed by atoms with Crippen LogP contribution in [0.25, 0.3) is 0 Å². The molecule has 1 heterocycles. The molecule has 1 aliphatic rings. The molecule has 0 amide bonds. The van der Waals surface area contributed by atoms with Gasteiger partial charge in [0, 0.05) is 12.0 Å². The summed E-state index contributed by atoms with van der Waals surface area (Å²) >= 11 is 0. The van der Waals surface area contributed by atoms with E-state index in [4.69, 9.17) is 4.74 Å². The van der Waals surface area contributed by atoms with Crippen molar-refractivity contribution in [1.29, 1.82) is 0 Å². The molecule has 0 aliphatic carbocycles. The standard InChI is InChI=1S/C10H20O3/c1-3-9(2,7-11)10(12)5-4-6-13-8-10/h11-12H,3-8H2,1-2H3. The number of ether oxygens (including phenoxy) is 1. The van der Waals surface area contributed by atoms with Crippen molar-refractivity contribution in [2.45, 2.75) is 38.7 Å². The minimum atomic E-state index is -0.839. The lowest BCUT2D eigenvalue weighted by atomic mass is 9.69. The fourth-order valence-corrected chi connectivity index (χ4v) is 1.84. The Labute approximate surface area is 79.7 Å². The number of hydrogen-bond donors (Lipinski definition) is 2. The summed E-state index contributed by atoms with van der Waals surface area (Å²) in [6.07, 6.45) is 2.38. The first-order chi connectivity index (χ1) is 6.08. The molecule has 13 heavy (non-hydrogen) atoms. The van der Waals surface area contributed by atoms with Gasteiger partial charge >= 0.3 is 0 Å². The van der Waals surface area contributed by atoms with Crippen molar-refractivity contribution in [2.24, 2.45) is 5.41 Å². The van der Waals surface area contributed by atoms with Gasteiger partial charge in [0.05, 0.1) is 18.8 Å². The number of aliphatic hydroxyl groups excluding tert-OH is 1. The van der Waals surface area contributed by atoms with Crippen molar-refractivity contribution < 1.29 is 14.9 Å². The molecule has 0 bridgehead atoms. The highest BCUT2D eigenvalue weighted by Crippen LogP contribution is 2.39. The third-order valence-corrected chi connectivity index (χ3v) is 3.47. The van der Waals surface area contributed by atoms with E-state index in [9.17, 15) is 10.2 Å². The van der Waals surface area contributed by atoms with E-state index in [2.05, 4.69) is 0 Å². The van der Waals surface area contributed by atoms with E-state index in [1.165, 1.54) is 0 Å². The second-order valence-electron chi connectivity index (χ2n) is 4.26. The predicted octanol–water partition coefficient (Wildman–Crippen LogP) is 0.936. The van der Waals surface area contributed by atoms with Gasteiger partial charge in [0.25, 0.3) is 0 Å². The zero-order valence-electron chi connectivity index (χ0n) is 8.55. The fourth-order valence-electron chi connectivity index (χ4n) is 1.84. The summed E-state index contributed by atoms with van der Waals surface area (Å²) in [6, 6.07) is 0.